The number of likely N-dealkylation sites (N-methyl/N-ethyl adjacent to an activating group) is 1. The van der Waals surface area contributed by atoms with Gasteiger partial charge in [0.2, 0.25) is 0 Å². The molecular weight excluding hydrogens is 293 g/mol. The Morgan fingerprint density at radius 1 is 1.62 bits per heavy atom. The summed E-state index contributed by atoms with van der Waals surface area (Å²) in [6, 6.07) is 4.87. The molecule has 1 amide bonds. The standard InChI is InChI=1S/C11H13BrClNO2/c1-7(6-15)14(2)11(16)9-4-3-8(12)5-10(9)13/h3-5,7,15H,6H2,1-2H3. The summed E-state index contributed by atoms with van der Waals surface area (Å²) in [4.78, 5) is 13.5. The highest BCUT2D eigenvalue weighted by molar-refractivity contribution is 9.10. The summed E-state index contributed by atoms with van der Waals surface area (Å²) in [5.74, 6) is -0.195. The van der Waals surface area contributed by atoms with E-state index in [1.807, 2.05) is 0 Å². The molecule has 0 aliphatic carbocycles. The van der Waals surface area contributed by atoms with E-state index in [9.17, 15) is 4.79 Å². The second kappa shape index (κ2) is 5.66. The van der Waals surface area contributed by atoms with E-state index in [2.05, 4.69) is 15.9 Å². The molecule has 0 saturated carbocycles. The van der Waals surface area contributed by atoms with Crippen molar-refractivity contribution in [2.75, 3.05) is 13.7 Å². The Labute approximate surface area is 108 Å². The number of nitrogens with zero attached hydrogens (tertiary/aromatic N) is 1. The average Bonchev–Trinajstić information content (AvgIpc) is 2.26. The number of rotatable bonds is 3. The van der Waals surface area contributed by atoms with E-state index in [0.29, 0.717) is 10.6 Å². The second-order valence-electron chi connectivity index (χ2n) is 3.57. The largest absolute Gasteiger partial charge is 0.394 e. The fourth-order valence-corrected chi connectivity index (χ4v) is 1.93. The van der Waals surface area contributed by atoms with Crippen LogP contribution in [0.15, 0.2) is 22.7 Å². The van der Waals surface area contributed by atoms with Crippen LogP contribution in [0.2, 0.25) is 5.02 Å². The van der Waals surface area contributed by atoms with Crippen molar-refractivity contribution in [3.05, 3.63) is 33.3 Å². The van der Waals surface area contributed by atoms with Gasteiger partial charge in [0, 0.05) is 11.5 Å². The third-order valence-electron chi connectivity index (χ3n) is 2.41. The van der Waals surface area contributed by atoms with Gasteiger partial charge in [-0.05, 0) is 25.1 Å². The molecule has 0 aromatic heterocycles. The lowest BCUT2D eigenvalue weighted by Crippen LogP contribution is -2.37. The van der Waals surface area contributed by atoms with E-state index >= 15 is 0 Å². The number of amides is 1. The third kappa shape index (κ3) is 2.97. The van der Waals surface area contributed by atoms with Gasteiger partial charge in [-0.1, -0.05) is 27.5 Å². The van der Waals surface area contributed by atoms with Crippen molar-refractivity contribution in [3.8, 4) is 0 Å². The number of aliphatic hydroxyl groups is 1. The molecule has 0 spiro atoms. The number of benzene rings is 1. The van der Waals surface area contributed by atoms with Gasteiger partial charge in [-0.15, -0.1) is 0 Å². The smallest absolute Gasteiger partial charge is 0.255 e. The van der Waals surface area contributed by atoms with Crippen molar-refractivity contribution in [1.82, 2.24) is 4.90 Å². The molecule has 1 aromatic carbocycles. The van der Waals surface area contributed by atoms with Crippen LogP contribution < -0.4 is 0 Å². The lowest BCUT2D eigenvalue weighted by Gasteiger charge is -2.23. The first kappa shape index (κ1) is 13.5. The van der Waals surface area contributed by atoms with Crippen LogP contribution >= 0.6 is 27.5 Å². The van der Waals surface area contributed by atoms with Crippen molar-refractivity contribution < 1.29 is 9.90 Å². The maximum absolute atomic E-state index is 12.0. The zero-order valence-electron chi connectivity index (χ0n) is 9.08. The summed E-state index contributed by atoms with van der Waals surface area (Å²) in [5.41, 5.74) is 0.438. The molecule has 0 fully saturated rings. The number of carbonyl (C=O) groups is 1. The molecule has 0 aliphatic heterocycles. The minimum atomic E-state index is -0.229. The molecule has 0 radical (unpaired) electrons. The van der Waals surface area contributed by atoms with Crippen LogP contribution in [0.1, 0.15) is 17.3 Å². The summed E-state index contributed by atoms with van der Waals surface area (Å²) in [6.45, 7) is 1.70. The predicted molar refractivity (Wildman–Crippen MR) is 67.8 cm³/mol. The predicted octanol–water partition coefficient (Wildman–Crippen LogP) is 2.56. The zero-order chi connectivity index (χ0) is 12.3. The number of carbonyl (C=O) groups excluding carboxylic acids is 1. The first-order valence-electron chi connectivity index (χ1n) is 4.80. The highest BCUT2D eigenvalue weighted by Crippen LogP contribution is 2.22. The molecule has 0 bridgehead atoms. The first-order valence-corrected chi connectivity index (χ1v) is 5.97. The molecule has 1 aromatic rings. The van der Waals surface area contributed by atoms with E-state index in [-0.39, 0.29) is 18.6 Å². The van der Waals surface area contributed by atoms with Gasteiger partial charge in [-0.2, -0.15) is 0 Å². The van der Waals surface area contributed by atoms with Crippen molar-refractivity contribution in [1.29, 1.82) is 0 Å². The molecule has 1 unspecified atom stereocenters. The Morgan fingerprint density at radius 2 is 2.25 bits per heavy atom. The monoisotopic (exact) mass is 305 g/mol. The first-order chi connectivity index (χ1) is 7.47. The van der Waals surface area contributed by atoms with Crippen LogP contribution in [0.3, 0.4) is 0 Å². The molecule has 88 valence electrons. The molecule has 3 nitrogen and oxygen atoms in total. The number of halogens is 2. The summed E-state index contributed by atoms with van der Waals surface area (Å²) < 4.78 is 0.826. The van der Waals surface area contributed by atoms with Crippen LogP contribution in [-0.2, 0) is 0 Å². The van der Waals surface area contributed by atoms with Gasteiger partial charge < -0.3 is 10.0 Å². The molecule has 1 rings (SSSR count). The Morgan fingerprint density at radius 3 is 2.75 bits per heavy atom. The minimum absolute atomic E-state index is 0.0730. The van der Waals surface area contributed by atoms with Crippen molar-refractivity contribution in [2.24, 2.45) is 0 Å². The van der Waals surface area contributed by atoms with Crippen LogP contribution in [0, 0.1) is 0 Å². The van der Waals surface area contributed by atoms with E-state index in [1.165, 1.54) is 4.90 Å². The Bertz CT molecular complexity index is 398. The summed E-state index contributed by atoms with van der Waals surface area (Å²) in [5, 5.41) is 9.38. The van der Waals surface area contributed by atoms with Crippen molar-refractivity contribution in [3.63, 3.8) is 0 Å². The van der Waals surface area contributed by atoms with Gasteiger partial charge in [0.25, 0.3) is 5.91 Å². The van der Waals surface area contributed by atoms with Crippen LogP contribution in [0.4, 0.5) is 0 Å². The highest BCUT2D eigenvalue weighted by Gasteiger charge is 2.19. The molecular formula is C11H13BrClNO2. The van der Waals surface area contributed by atoms with Crippen LogP contribution in [-0.4, -0.2) is 35.6 Å². The average molecular weight is 307 g/mol. The topological polar surface area (TPSA) is 40.5 Å². The Kier molecular flexibility index (Phi) is 4.77. The molecule has 16 heavy (non-hydrogen) atoms. The van der Waals surface area contributed by atoms with Crippen LogP contribution in [0.25, 0.3) is 0 Å². The lowest BCUT2D eigenvalue weighted by molar-refractivity contribution is 0.0682. The van der Waals surface area contributed by atoms with Gasteiger partial charge in [-0.25, -0.2) is 0 Å². The third-order valence-corrected chi connectivity index (χ3v) is 3.21. The number of aliphatic hydroxyl groups excluding tert-OH is 1. The Hall–Kier alpha value is -0.580. The molecule has 1 atom stereocenters. The normalized spacial score (nSPS) is 12.3. The second-order valence-corrected chi connectivity index (χ2v) is 4.89. The number of hydrogen-bond donors (Lipinski definition) is 1. The summed E-state index contributed by atoms with van der Waals surface area (Å²) in [7, 11) is 1.64. The van der Waals surface area contributed by atoms with Gasteiger partial charge in [-0.3, -0.25) is 4.79 Å². The van der Waals surface area contributed by atoms with E-state index in [0.717, 1.165) is 4.47 Å². The maximum Gasteiger partial charge on any atom is 0.255 e. The summed E-state index contributed by atoms with van der Waals surface area (Å²) in [6.07, 6.45) is 0. The minimum Gasteiger partial charge on any atom is -0.394 e. The van der Waals surface area contributed by atoms with Gasteiger partial charge in [0.1, 0.15) is 0 Å². The zero-order valence-corrected chi connectivity index (χ0v) is 11.4. The fourth-order valence-electron chi connectivity index (χ4n) is 1.18. The highest BCUT2D eigenvalue weighted by atomic mass is 79.9. The number of hydrogen-bond acceptors (Lipinski definition) is 2. The van der Waals surface area contributed by atoms with E-state index in [1.54, 1.807) is 32.2 Å². The maximum atomic E-state index is 12.0. The SMILES string of the molecule is CC(CO)N(C)C(=O)c1ccc(Br)cc1Cl. The summed E-state index contributed by atoms with van der Waals surface area (Å²) >= 11 is 9.25. The van der Waals surface area contributed by atoms with Gasteiger partial charge in [0.15, 0.2) is 0 Å². The lowest BCUT2D eigenvalue weighted by atomic mass is 10.2. The molecule has 0 saturated heterocycles. The molecule has 0 aliphatic rings. The Balaban J connectivity index is 2.96. The van der Waals surface area contributed by atoms with Crippen LogP contribution in [0.5, 0.6) is 0 Å². The molecule has 5 heteroatoms. The molecule has 0 heterocycles. The van der Waals surface area contributed by atoms with Gasteiger partial charge >= 0.3 is 0 Å². The van der Waals surface area contributed by atoms with E-state index < -0.39 is 0 Å². The quantitative estimate of drug-likeness (QED) is 0.932. The fraction of sp³-hybridized carbons (Fsp3) is 0.364. The van der Waals surface area contributed by atoms with Crippen molar-refractivity contribution in [2.45, 2.75) is 13.0 Å². The van der Waals surface area contributed by atoms with Gasteiger partial charge in [0.05, 0.1) is 23.2 Å². The molecule has 1 N–H and O–H groups in total. The van der Waals surface area contributed by atoms with Crippen molar-refractivity contribution >= 4 is 33.4 Å². The van der Waals surface area contributed by atoms with E-state index in [4.69, 9.17) is 16.7 Å².